The van der Waals surface area contributed by atoms with E-state index in [1.54, 1.807) is 0 Å². The van der Waals surface area contributed by atoms with Crippen LogP contribution in [0.25, 0.3) is 10.8 Å². The van der Waals surface area contributed by atoms with Crippen LogP contribution in [-0.2, 0) is 14.4 Å². The summed E-state index contributed by atoms with van der Waals surface area (Å²) in [6.07, 6.45) is 0. The SMILES string of the molecule is CCO[N+](CC)(CC)N(c1ccccc1)C1(NC(C)=O)C(=O)N(c2ccccc2)N=C1c1cccc2ccccc12. The molecular formula is C33H36N5O3+. The fourth-order valence-electron chi connectivity index (χ4n) is 5.74. The molecule has 4 aromatic rings. The molecule has 41 heavy (non-hydrogen) atoms. The Morgan fingerprint density at radius 2 is 1.49 bits per heavy atom. The molecule has 0 bridgehead atoms. The zero-order valence-corrected chi connectivity index (χ0v) is 23.9. The van der Waals surface area contributed by atoms with Crippen molar-refractivity contribution in [3.05, 3.63) is 109 Å². The Hall–Kier alpha value is -4.53. The van der Waals surface area contributed by atoms with E-state index in [1.807, 2.05) is 129 Å². The number of carbonyl (C=O) groups excluding carboxylic acids is 2. The van der Waals surface area contributed by atoms with Crippen molar-refractivity contribution in [3.63, 3.8) is 0 Å². The monoisotopic (exact) mass is 550 g/mol. The lowest BCUT2D eigenvalue weighted by Gasteiger charge is -2.50. The Kier molecular flexibility index (Phi) is 7.88. The minimum Gasteiger partial charge on any atom is -0.316 e. The zero-order chi connectivity index (χ0) is 29.0. The van der Waals surface area contributed by atoms with E-state index in [9.17, 15) is 4.79 Å². The second kappa shape index (κ2) is 11.5. The van der Waals surface area contributed by atoms with Gasteiger partial charge in [-0.2, -0.15) is 14.9 Å². The number of anilines is 2. The normalized spacial score (nSPS) is 17.0. The van der Waals surface area contributed by atoms with Gasteiger partial charge in [-0.15, -0.1) is 5.01 Å². The molecule has 0 aliphatic carbocycles. The molecule has 210 valence electrons. The number of hydrazone groups is 1. The first-order valence-corrected chi connectivity index (χ1v) is 14.0. The predicted molar refractivity (Wildman–Crippen MR) is 163 cm³/mol. The number of quaternary nitrogens is 1. The number of benzene rings is 4. The molecule has 1 N–H and O–H groups in total. The lowest BCUT2D eigenvalue weighted by molar-refractivity contribution is -1.11. The number of fused-ring (bicyclic) bond motifs is 1. The van der Waals surface area contributed by atoms with Crippen LogP contribution in [0.1, 0.15) is 33.3 Å². The van der Waals surface area contributed by atoms with Gasteiger partial charge in [0.2, 0.25) is 5.91 Å². The van der Waals surface area contributed by atoms with E-state index >= 15 is 4.79 Å². The van der Waals surface area contributed by atoms with Crippen molar-refractivity contribution in [3.8, 4) is 0 Å². The molecule has 0 spiro atoms. The number of hydrogen-bond donors (Lipinski definition) is 1. The number of hydrogen-bond acceptors (Lipinski definition) is 5. The third-order valence-corrected chi connectivity index (χ3v) is 7.49. The maximum absolute atomic E-state index is 15.1. The standard InChI is InChI=1S/C33H35N5O3/c1-5-38(6-2,41-7-3)37(28-21-12-9-13-22-28)33(34-25(4)39)31(30-24-16-18-26-17-14-15-23-29(26)30)35-36(32(33)40)27-19-10-8-11-20-27/h8-24H,5-7H2,1-4H3/p+1. The number of carbonyl (C=O) groups is 2. The van der Waals surface area contributed by atoms with Crippen LogP contribution in [0.4, 0.5) is 11.4 Å². The molecule has 0 aromatic heterocycles. The number of amides is 2. The van der Waals surface area contributed by atoms with Crippen LogP contribution in [0.2, 0.25) is 0 Å². The number of para-hydroxylation sites is 2. The summed E-state index contributed by atoms with van der Waals surface area (Å²) in [5.74, 6) is -0.779. The van der Waals surface area contributed by atoms with Crippen molar-refractivity contribution >= 4 is 39.7 Å². The summed E-state index contributed by atoms with van der Waals surface area (Å²) in [5.41, 5.74) is 0.694. The first kappa shape index (κ1) is 28.0. The van der Waals surface area contributed by atoms with Crippen molar-refractivity contribution in [1.29, 1.82) is 0 Å². The number of nitrogens with zero attached hydrogens (tertiary/aromatic N) is 4. The van der Waals surface area contributed by atoms with Crippen molar-refractivity contribution in [1.82, 2.24) is 5.32 Å². The van der Waals surface area contributed by atoms with Crippen molar-refractivity contribution in [2.75, 3.05) is 29.7 Å². The lowest BCUT2D eigenvalue weighted by atomic mass is 9.91. The van der Waals surface area contributed by atoms with Gasteiger partial charge in [0.15, 0.2) is 0 Å². The van der Waals surface area contributed by atoms with E-state index < -0.39 is 11.6 Å². The van der Waals surface area contributed by atoms with Crippen molar-refractivity contribution < 1.29 is 19.2 Å². The van der Waals surface area contributed by atoms with Crippen molar-refractivity contribution in [2.45, 2.75) is 33.4 Å². The van der Waals surface area contributed by atoms with E-state index in [2.05, 4.69) is 5.32 Å². The number of nitrogens with one attached hydrogen (secondary N) is 1. The molecular weight excluding hydrogens is 514 g/mol. The molecule has 5 rings (SSSR count). The summed E-state index contributed by atoms with van der Waals surface area (Å²) in [6.45, 7) is 8.75. The first-order chi connectivity index (χ1) is 19.9. The van der Waals surface area contributed by atoms with Gasteiger partial charge in [-0.25, -0.2) is 0 Å². The maximum atomic E-state index is 15.1. The van der Waals surface area contributed by atoms with E-state index in [0.717, 1.165) is 16.3 Å². The highest BCUT2D eigenvalue weighted by molar-refractivity contribution is 6.33. The van der Waals surface area contributed by atoms with Gasteiger partial charge in [0.25, 0.3) is 5.66 Å². The van der Waals surface area contributed by atoms with E-state index in [4.69, 9.17) is 9.94 Å². The van der Waals surface area contributed by atoms with Crippen LogP contribution in [0, 0.1) is 0 Å². The summed E-state index contributed by atoms with van der Waals surface area (Å²) in [4.78, 5) is 34.8. The summed E-state index contributed by atoms with van der Waals surface area (Å²) in [5, 5.41) is 13.4. The fraction of sp³-hybridized carbons (Fsp3) is 0.242. The van der Waals surface area contributed by atoms with Gasteiger partial charge in [-0.05, 0) is 55.8 Å². The molecule has 1 aliphatic heterocycles. The summed E-state index contributed by atoms with van der Waals surface area (Å²) >= 11 is 0. The topological polar surface area (TPSA) is 74.2 Å². The molecule has 1 unspecified atom stereocenters. The fourth-order valence-corrected chi connectivity index (χ4v) is 5.74. The van der Waals surface area contributed by atoms with Gasteiger partial charge in [0, 0.05) is 12.5 Å². The predicted octanol–water partition coefficient (Wildman–Crippen LogP) is 5.65. The zero-order valence-electron chi connectivity index (χ0n) is 23.9. The molecule has 8 heteroatoms. The summed E-state index contributed by atoms with van der Waals surface area (Å²) in [7, 11) is 0. The third kappa shape index (κ3) is 4.75. The third-order valence-electron chi connectivity index (χ3n) is 7.49. The molecule has 8 nitrogen and oxygen atoms in total. The minimum atomic E-state index is -1.76. The van der Waals surface area contributed by atoms with Gasteiger partial charge in [0.1, 0.15) is 25.4 Å². The molecule has 0 saturated heterocycles. The van der Waals surface area contributed by atoms with E-state index in [-0.39, 0.29) is 10.7 Å². The van der Waals surface area contributed by atoms with Crippen LogP contribution < -0.4 is 15.3 Å². The van der Waals surface area contributed by atoms with Crippen molar-refractivity contribution in [2.24, 2.45) is 5.10 Å². The second-order valence-corrected chi connectivity index (χ2v) is 9.86. The van der Waals surface area contributed by atoms with Crippen LogP contribution in [0.3, 0.4) is 0 Å². The number of rotatable bonds is 10. The van der Waals surface area contributed by atoms with Gasteiger partial charge < -0.3 is 5.32 Å². The van der Waals surface area contributed by atoms with Crippen LogP contribution in [-0.4, -0.2) is 47.6 Å². The Bertz CT molecular complexity index is 1560. The molecule has 4 aromatic carbocycles. The van der Waals surface area contributed by atoms with Gasteiger partial charge in [-0.3, -0.25) is 9.59 Å². The molecule has 2 amide bonds. The second-order valence-electron chi connectivity index (χ2n) is 9.86. The Morgan fingerprint density at radius 3 is 2.12 bits per heavy atom. The van der Waals surface area contributed by atoms with Crippen LogP contribution >= 0.6 is 0 Å². The average Bonchev–Trinajstić information content (AvgIpc) is 3.28. The van der Waals surface area contributed by atoms with Gasteiger partial charge in [0.05, 0.1) is 11.4 Å². The molecule has 0 saturated carbocycles. The quantitative estimate of drug-likeness (QED) is 0.157. The largest absolute Gasteiger partial charge is 0.316 e. The first-order valence-electron chi connectivity index (χ1n) is 14.0. The molecule has 0 radical (unpaired) electrons. The Balaban J connectivity index is 1.91. The lowest BCUT2D eigenvalue weighted by Crippen LogP contribution is -2.79. The van der Waals surface area contributed by atoms with Crippen LogP contribution in [0.15, 0.2) is 108 Å². The molecule has 0 fully saturated rings. The van der Waals surface area contributed by atoms with E-state index in [0.29, 0.717) is 36.8 Å². The van der Waals surface area contributed by atoms with Crippen LogP contribution in [0.5, 0.6) is 0 Å². The molecule has 1 heterocycles. The molecule has 1 atom stereocenters. The minimum absolute atomic E-state index is 0.0566. The smallest absolute Gasteiger partial charge is 0.306 e. The summed E-state index contributed by atoms with van der Waals surface area (Å²) < 4.78 is -0.0566. The highest BCUT2D eigenvalue weighted by Crippen LogP contribution is 2.40. The van der Waals surface area contributed by atoms with E-state index in [1.165, 1.54) is 11.9 Å². The maximum Gasteiger partial charge on any atom is 0.306 e. The average molecular weight is 551 g/mol. The molecule has 1 aliphatic rings. The highest BCUT2D eigenvalue weighted by atomic mass is 16.8. The Labute approximate surface area is 241 Å². The Morgan fingerprint density at radius 1 is 0.878 bits per heavy atom. The summed E-state index contributed by atoms with van der Waals surface area (Å²) in [6, 6.07) is 32.8. The van der Waals surface area contributed by atoms with Gasteiger partial charge >= 0.3 is 5.91 Å². The number of hydroxylamine groups is 2. The highest BCUT2D eigenvalue weighted by Gasteiger charge is 2.64. The van der Waals surface area contributed by atoms with Gasteiger partial charge in [-0.1, -0.05) is 83.6 Å².